The molecule has 1 aromatic heterocycles. The van der Waals surface area contributed by atoms with E-state index in [2.05, 4.69) is 20.6 Å². The van der Waals surface area contributed by atoms with Gasteiger partial charge in [0.15, 0.2) is 5.69 Å². The van der Waals surface area contributed by atoms with Crippen LogP contribution in [0.1, 0.15) is 25.5 Å². The molecule has 0 saturated carbocycles. The van der Waals surface area contributed by atoms with Crippen molar-refractivity contribution in [2.75, 3.05) is 44.4 Å². The first kappa shape index (κ1) is 17.5. The molecule has 0 amide bonds. The van der Waals surface area contributed by atoms with Crippen molar-refractivity contribution in [3.05, 3.63) is 11.8 Å². The lowest BCUT2D eigenvalue weighted by Gasteiger charge is -2.13. The first-order valence-corrected chi connectivity index (χ1v) is 6.91. The molecule has 0 unspecified atom stereocenters. The molecule has 120 valence electrons. The zero-order chi connectivity index (χ0) is 15.9. The first-order valence-electron chi connectivity index (χ1n) is 6.91. The molecule has 5 nitrogen and oxygen atoms in total. The third kappa shape index (κ3) is 6.61. The van der Waals surface area contributed by atoms with Gasteiger partial charge in [-0.15, -0.1) is 0 Å². The van der Waals surface area contributed by atoms with Crippen LogP contribution in [0, 0.1) is 0 Å². The quantitative estimate of drug-likeness (QED) is 0.723. The van der Waals surface area contributed by atoms with Gasteiger partial charge < -0.3 is 15.5 Å². The Balaban J connectivity index is 2.76. The number of rotatable bonds is 8. The molecule has 0 saturated heterocycles. The molecule has 1 heterocycles. The van der Waals surface area contributed by atoms with Crippen molar-refractivity contribution < 1.29 is 13.2 Å². The lowest BCUT2D eigenvalue weighted by atomic mass is 10.3. The van der Waals surface area contributed by atoms with Crippen LogP contribution in [0.3, 0.4) is 0 Å². The Hall–Kier alpha value is -1.57. The summed E-state index contributed by atoms with van der Waals surface area (Å²) in [6.07, 6.45) is -2.88. The Morgan fingerprint density at radius 1 is 1.14 bits per heavy atom. The molecular weight excluding hydrogens is 283 g/mol. The van der Waals surface area contributed by atoms with E-state index in [9.17, 15) is 13.2 Å². The van der Waals surface area contributed by atoms with Gasteiger partial charge in [0.2, 0.25) is 5.95 Å². The molecule has 0 fully saturated rings. The molecule has 0 aliphatic heterocycles. The van der Waals surface area contributed by atoms with E-state index in [0.29, 0.717) is 13.1 Å². The van der Waals surface area contributed by atoms with E-state index >= 15 is 0 Å². The molecule has 0 aliphatic rings. The van der Waals surface area contributed by atoms with Crippen molar-refractivity contribution in [1.82, 2.24) is 14.9 Å². The monoisotopic (exact) mass is 305 g/mol. The van der Waals surface area contributed by atoms with Gasteiger partial charge >= 0.3 is 6.18 Å². The van der Waals surface area contributed by atoms with Crippen LogP contribution in [0.5, 0.6) is 0 Å². The molecule has 0 radical (unpaired) electrons. The highest BCUT2D eigenvalue weighted by Crippen LogP contribution is 2.29. The van der Waals surface area contributed by atoms with E-state index < -0.39 is 11.9 Å². The normalized spacial score (nSPS) is 11.8. The second kappa shape index (κ2) is 8.02. The fraction of sp³-hybridized carbons (Fsp3) is 0.692. The van der Waals surface area contributed by atoms with E-state index in [-0.39, 0.29) is 11.8 Å². The molecule has 0 aromatic carbocycles. The van der Waals surface area contributed by atoms with E-state index in [1.165, 1.54) is 0 Å². The Labute approximate surface area is 123 Å². The number of aromatic nitrogens is 2. The smallest absolute Gasteiger partial charge is 0.370 e. The van der Waals surface area contributed by atoms with Gasteiger partial charge in [0.25, 0.3) is 0 Å². The van der Waals surface area contributed by atoms with Crippen molar-refractivity contribution in [3.8, 4) is 0 Å². The minimum absolute atomic E-state index is 0.00165. The van der Waals surface area contributed by atoms with Gasteiger partial charge in [-0.2, -0.15) is 18.2 Å². The second-order valence-electron chi connectivity index (χ2n) is 4.97. The van der Waals surface area contributed by atoms with Gasteiger partial charge in [-0.25, -0.2) is 4.98 Å². The van der Waals surface area contributed by atoms with E-state index in [1.807, 2.05) is 25.9 Å². The Kier molecular flexibility index (Phi) is 6.67. The maximum absolute atomic E-state index is 12.8. The summed E-state index contributed by atoms with van der Waals surface area (Å²) < 4.78 is 38.4. The molecule has 0 spiro atoms. The predicted octanol–water partition coefficient (Wildman–Crippen LogP) is 2.68. The fourth-order valence-corrected chi connectivity index (χ4v) is 1.61. The summed E-state index contributed by atoms with van der Waals surface area (Å²) in [6.45, 7) is 3.85. The molecule has 8 heteroatoms. The second-order valence-corrected chi connectivity index (χ2v) is 4.97. The van der Waals surface area contributed by atoms with Gasteiger partial charge in [-0.05, 0) is 33.5 Å². The number of nitrogens with one attached hydrogen (secondary N) is 2. The van der Waals surface area contributed by atoms with Crippen LogP contribution in [0.25, 0.3) is 0 Å². The average molecular weight is 305 g/mol. The lowest BCUT2D eigenvalue weighted by molar-refractivity contribution is -0.141. The minimum Gasteiger partial charge on any atom is -0.370 e. The maximum Gasteiger partial charge on any atom is 0.433 e. The van der Waals surface area contributed by atoms with Gasteiger partial charge in [-0.1, -0.05) is 6.92 Å². The number of halogens is 3. The fourth-order valence-electron chi connectivity index (χ4n) is 1.61. The summed E-state index contributed by atoms with van der Waals surface area (Å²) in [5.74, 6) is 0.191. The summed E-state index contributed by atoms with van der Waals surface area (Å²) in [5, 5.41) is 5.70. The third-order valence-electron chi connectivity index (χ3n) is 2.64. The van der Waals surface area contributed by atoms with Crippen LogP contribution in [0.4, 0.5) is 24.9 Å². The van der Waals surface area contributed by atoms with Crippen molar-refractivity contribution in [1.29, 1.82) is 0 Å². The summed E-state index contributed by atoms with van der Waals surface area (Å²) >= 11 is 0. The zero-order valence-corrected chi connectivity index (χ0v) is 12.6. The number of hydrogen-bond acceptors (Lipinski definition) is 5. The maximum atomic E-state index is 12.8. The van der Waals surface area contributed by atoms with Crippen LogP contribution >= 0.6 is 0 Å². The highest BCUT2D eigenvalue weighted by Gasteiger charge is 2.33. The van der Waals surface area contributed by atoms with Crippen molar-refractivity contribution >= 4 is 11.8 Å². The summed E-state index contributed by atoms with van der Waals surface area (Å²) in [7, 11) is 3.89. The Morgan fingerprint density at radius 3 is 2.43 bits per heavy atom. The number of hydrogen-bond donors (Lipinski definition) is 2. The number of anilines is 2. The molecule has 21 heavy (non-hydrogen) atoms. The third-order valence-corrected chi connectivity index (χ3v) is 2.64. The van der Waals surface area contributed by atoms with Crippen molar-refractivity contribution in [3.63, 3.8) is 0 Å². The summed E-state index contributed by atoms with van der Waals surface area (Å²) in [4.78, 5) is 9.57. The van der Waals surface area contributed by atoms with E-state index in [1.54, 1.807) is 0 Å². The zero-order valence-electron chi connectivity index (χ0n) is 12.6. The minimum atomic E-state index is -4.48. The number of alkyl halides is 3. The summed E-state index contributed by atoms with van der Waals surface area (Å²) in [5.41, 5.74) is -0.939. The van der Waals surface area contributed by atoms with Crippen LogP contribution < -0.4 is 10.6 Å². The molecule has 0 bridgehead atoms. The topological polar surface area (TPSA) is 53.1 Å². The number of nitrogens with zero attached hydrogens (tertiary/aromatic N) is 3. The largest absolute Gasteiger partial charge is 0.433 e. The van der Waals surface area contributed by atoms with Crippen molar-refractivity contribution in [2.24, 2.45) is 0 Å². The van der Waals surface area contributed by atoms with Gasteiger partial charge in [0.05, 0.1) is 0 Å². The van der Waals surface area contributed by atoms with E-state index in [4.69, 9.17) is 0 Å². The van der Waals surface area contributed by atoms with Gasteiger partial charge in [-0.3, -0.25) is 0 Å². The lowest BCUT2D eigenvalue weighted by Crippen LogP contribution is -2.18. The Morgan fingerprint density at radius 2 is 1.86 bits per heavy atom. The van der Waals surface area contributed by atoms with Crippen LogP contribution in [-0.2, 0) is 6.18 Å². The molecule has 0 aliphatic carbocycles. The highest BCUT2D eigenvalue weighted by molar-refractivity contribution is 5.43. The van der Waals surface area contributed by atoms with E-state index in [0.717, 1.165) is 25.5 Å². The molecule has 1 aromatic rings. The van der Waals surface area contributed by atoms with Crippen molar-refractivity contribution in [2.45, 2.75) is 25.9 Å². The molecular formula is C13H22F3N5. The van der Waals surface area contributed by atoms with Crippen LogP contribution in [0.15, 0.2) is 6.07 Å². The summed E-state index contributed by atoms with van der Waals surface area (Å²) in [6, 6.07) is 0.937. The first-order chi connectivity index (χ1) is 9.82. The van der Waals surface area contributed by atoms with Gasteiger partial charge in [0.1, 0.15) is 5.82 Å². The standard InChI is InChI=1S/C13H22F3N5/c1-4-6-18-12-19-10(13(14,15)16)9-11(20-12)17-7-5-8-21(2)3/h9H,4-8H2,1-3H3,(H2,17,18,19,20). The van der Waals surface area contributed by atoms with Gasteiger partial charge in [0, 0.05) is 19.2 Å². The molecule has 1 rings (SSSR count). The highest BCUT2D eigenvalue weighted by atomic mass is 19.4. The van der Waals surface area contributed by atoms with Crippen LogP contribution in [-0.4, -0.2) is 48.6 Å². The van der Waals surface area contributed by atoms with Crippen LogP contribution in [0.2, 0.25) is 0 Å². The SMILES string of the molecule is CCCNc1nc(NCCCN(C)C)cc(C(F)(F)F)n1. The average Bonchev–Trinajstić information content (AvgIpc) is 2.40. The predicted molar refractivity (Wildman–Crippen MR) is 77.5 cm³/mol. The molecule has 2 N–H and O–H groups in total. The Bertz CT molecular complexity index is 434. The molecule has 0 atom stereocenters.